The molecule has 0 aromatic carbocycles. The lowest BCUT2D eigenvalue weighted by Crippen LogP contribution is -2.53. The van der Waals surface area contributed by atoms with Crippen LogP contribution in [0.3, 0.4) is 0 Å². The Labute approximate surface area is 64.6 Å². The Kier molecular flexibility index (Phi) is 1.61. The van der Waals surface area contributed by atoms with Crippen LogP contribution in [0, 0.1) is 0 Å². The van der Waals surface area contributed by atoms with Crippen molar-refractivity contribution in [2.45, 2.75) is 18.4 Å². The Balaban J connectivity index is 2.00. The van der Waals surface area contributed by atoms with Gasteiger partial charge in [0.15, 0.2) is 0 Å². The Bertz CT molecular complexity index is 157. The van der Waals surface area contributed by atoms with E-state index in [0.29, 0.717) is 6.54 Å². The van der Waals surface area contributed by atoms with Crippen LogP contribution in [-0.2, 0) is 0 Å². The first kappa shape index (κ1) is 7.43. The maximum Gasteiger partial charge on any atom is 0.276 e. The van der Waals surface area contributed by atoms with Crippen molar-refractivity contribution in [1.29, 1.82) is 0 Å². The number of halogens is 2. The number of alkyl halides is 2. The van der Waals surface area contributed by atoms with Crippen LogP contribution in [0.5, 0.6) is 0 Å². The van der Waals surface area contributed by atoms with E-state index >= 15 is 0 Å². The number of rotatable bonds is 1. The molecule has 2 fully saturated rings. The summed E-state index contributed by atoms with van der Waals surface area (Å²) in [5.74, 6) is -2.50. The number of likely N-dealkylation sites (tertiary alicyclic amines) is 1. The molecule has 2 nitrogen and oxygen atoms in total. The van der Waals surface area contributed by atoms with Crippen LogP contribution in [0.4, 0.5) is 8.78 Å². The molecule has 2 rings (SSSR count). The van der Waals surface area contributed by atoms with Gasteiger partial charge in [0.25, 0.3) is 5.92 Å². The van der Waals surface area contributed by atoms with E-state index in [-0.39, 0.29) is 6.54 Å². The molecule has 0 aromatic heterocycles. The Morgan fingerprint density at radius 2 is 2.09 bits per heavy atom. The SMILES string of the molecule is FC1(F)CNCC1N1CCC1. The second-order valence-electron chi connectivity index (χ2n) is 3.30. The number of hydrogen-bond donors (Lipinski definition) is 1. The number of hydrogen-bond acceptors (Lipinski definition) is 2. The lowest BCUT2D eigenvalue weighted by atomic mass is 10.1. The van der Waals surface area contributed by atoms with Crippen LogP contribution in [0.25, 0.3) is 0 Å². The third kappa shape index (κ3) is 1.14. The summed E-state index contributed by atoms with van der Waals surface area (Å²) in [6.07, 6.45) is 1.08. The summed E-state index contributed by atoms with van der Waals surface area (Å²) in [5, 5.41) is 2.72. The van der Waals surface area contributed by atoms with E-state index in [4.69, 9.17) is 0 Å². The highest BCUT2D eigenvalue weighted by molar-refractivity contribution is 4.97. The molecule has 1 atom stereocenters. The van der Waals surface area contributed by atoms with Crippen molar-refractivity contribution >= 4 is 0 Å². The van der Waals surface area contributed by atoms with Crippen molar-refractivity contribution in [3.05, 3.63) is 0 Å². The van der Waals surface area contributed by atoms with E-state index in [9.17, 15) is 8.78 Å². The topological polar surface area (TPSA) is 15.3 Å². The highest BCUT2D eigenvalue weighted by Crippen LogP contribution is 2.29. The lowest BCUT2D eigenvalue weighted by Gasteiger charge is -2.38. The zero-order valence-electron chi connectivity index (χ0n) is 6.32. The van der Waals surface area contributed by atoms with Crippen molar-refractivity contribution in [2.24, 2.45) is 0 Å². The standard InChI is InChI=1S/C7H12F2N2/c8-7(9)5-10-4-6(7)11-2-1-3-11/h6,10H,1-5H2. The highest BCUT2D eigenvalue weighted by atomic mass is 19.3. The Hall–Kier alpha value is -0.220. The zero-order valence-corrected chi connectivity index (χ0v) is 6.32. The molecule has 0 aliphatic carbocycles. The van der Waals surface area contributed by atoms with Gasteiger partial charge in [-0.3, -0.25) is 4.90 Å². The molecule has 1 unspecified atom stereocenters. The summed E-state index contributed by atoms with van der Waals surface area (Å²) in [6, 6.07) is -0.531. The van der Waals surface area contributed by atoms with Crippen LogP contribution < -0.4 is 5.32 Å². The molecule has 0 saturated carbocycles. The van der Waals surface area contributed by atoms with Crippen molar-refractivity contribution < 1.29 is 8.78 Å². The van der Waals surface area contributed by atoms with Gasteiger partial charge in [0, 0.05) is 6.54 Å². The first-order valence-corrected chi connectivity index (χ1v) is 4.03. The molecule has 0 spiro atoms. The number of nitrogens with zero attached hydrogens (tertiary/aromatic N) is 1. The normalized spacial score (nSPS) is 37.1. The largest absolute Gasteiger partial charge is 0.309 e. The molecular weight excluding hydrogens is 150 g/mol. The molecule has 0 aromatic rings. The van der Waals surface area contributed by atoms with E-state index in [1.165, 1.54) is 0 Å². The second-order valence-corrected chi connectivity index (χ2v) is 3.30. The van der Waals surface area contributed by atoms with Crippen molar-refractivity contribution in [2.75, 3.05) is 26.2 Å². The summed E-state index contributed by atoms with van der Waals surface area (Å²) >= 11 is 0. The quantitative estimate of drug-likeness (QED) is 0.596. The van der Waals surface area contributed by atoms with E-state index < -0.39 is 12.0 Å². The fraction of sp³-hybridized carbons (Fsp3) is 1.00. The monoisotopic (exact) mass is 162 g/mol. The van der Waals surface area contributed by atoms with E-state index in [1.807, 2.05) is 4.90 Å². The molecule has 64 valence electrons. The van der Waals surface area contributed by atoms with Gasteiger partial charge in [-0.2, -0.15) is 0 Å². The summed E-state index contributed by atoms with van der Waals surface area (Å²) in [6.45, 7) is 2.00. The molecule has 4 heteroatoms. The minimum Gasteiger partial charge on any atom is -0.309 e. The van der Waals surface area contributed by atoms with E-state index in [1.54, 1.807) is 0 Å². The smallest absolute Gasteiger partial charge is 0.276 e. The van der Waals surface area contributed by atoms with Gasteiger partial charge in [-0.1, -0.05) is 0 Å². The summed E-state index contributed by atoms with van der Waals surface area (Å²) in [4.78, 5) is 1.86. The first-order valence-electron chi connectivity index (χ1n) is 4.03. The molecule has 2 saturated heterocycles. The molecule has 0 radical (unpaired) electrons. The van der Waals surface area contributed by atoms with Crippen LogP contribution in [-0.4, -0.2) is 43.0 Å². The van der Waals surface area contributed by atoms with E-state index in [2.05, 4.69) is 5.32 Å². The van der Waals surface area contributed by atoms with Gasteiger partial charge in [-0.15, -0.1) is 0 Å². The van der Waals surface area contributed by atoms with Crippen LogP contribution in [0.1, 0.15) is 6.42 Å². The van der Waals surface area contributed by atoms with Gasteiger partial charge in [-0.05, 0) is 19.5 Å². The Morgan fingerprint density at radius 1 is 1.36 bits per heavy atom. The predicted octanol–water partition coefficient (Wildman–Crippen LogP) is 0.299. The maximum absolute atomic E-state index is 13.0. The van der Waals surface area contributed by atoms with Crippen LogP contribution in [0.2, 0.25) is 0 Å². The Morgan fingerprint density at radius 3 is 2.45 bits per heavy atom. The molecule has 1 N–H and O–H groups in total. The maximum atomic E-state index is 13.0. The van der Waals surface area contributed by atoms with E-state index in [0.717, 1.165) is 19.5 Å². The minimum absolute atomic E-state index is 0.145. The molecule has 0 bridgehead atoms. The molecule has 11 heavy (non-hydrogen) atoms. The van der Waals surface area contributed by atoms with Gasteiger partial charge in [0.05, 0.1) is 12.6 Å². The first-order chi connectivity index (χ1) is 5.20. The van der Waals surface area contributed by atoms with Crippen LogP contribution in [0.15, 0.2) is 0 Å². The van der Waals surface area contributed by atoms with Crippen molar-refractivity contribution in [3.63, 3.8) is 0 Å². The average Bonchev–Trinajstić information content (AvgIpc) is 2.07. The third-order valence-corrected chi connectivity index (χ3v) is 2.52. The summed E-state index contributed by atoms with van der Waals surface area (Å²) in [7, 11) is 0. The molecule has 0 amide bonds. The van der Waals surface area contributed by atoms with Gasteiger partial charge < -0.3 is 5.32 Å². The molecule has 2 aliphatic rings. The van der Waals surface area contributed by atoms with Crippen molar-refractivity contribution in [3.8, 4) is 0 Å². The zero-order chi connectivity index (χ0) is 7.90. The van der Waals surface area contributed by atoms with Gasteiger partial charge in [0.1, 0.15) is 0 Å². The minimum atomic E-state index is -2.50. The molecular formula is C7H12F2N2. The number of nitrogens with one attached hydrogen (secondary N) is 1. The van der Waals surface area contributed by atoms with Crippen molar-refractivity contribution in [1.82, 2.24) is 10.2 Å². The summed E-state index contributed by atoms with van der Waals surface area (Å²) < 4.78 is 26.0. The van der Waals surface area contributed by atoms with Gasteiger partial charge in [0.2, 0.25) is 0 Å². The fourth-order valence-electron chi connectivity index (χ4n) is 1.69. The van der Waals surface area contributed by atoms with Crippen LogP contribution >= 0.6 is 0 Å². The average molecular weight is 162 g/mol. The molecule has 2 heterocycles. The lowest BCUT2D eigenvalue weighted by molar-refractivity contribution is -0.0651. The highest BCUT2D eigenvalue weighted by Gasteiger charge is 2.48. The third-order valence-electron chi connectivity index (χ3n) is 2.52. The molecule has 2 aliphatic heterocycles. The van der Waals surface area contributed by atoms with Gasteiger partial charge in [-0.25, -0.2) is 8.78 Å². The predicted molar refractivity (Wildman–Crippen MR) is 37.8 cm³/mol. The van der Waals surface area contributed by atoms with Gasteiger partial charge >= 0.3 is 0 Å². The second kappa shape index (κ2) is 2.38. The fourth-order valence-corrected chi connectivity index (χ4v) is 1.69. The summed E-state index contributed by atoms with van der Waals surface area (Å²) in [5.41, 5.74) is 0.